The van der Waals surface area contributed by atoms with Gasteiger partial charge in [-0.3, -0.25) is 0 Å². The Kier molecular flexibility index (Phi) is 8.67. The summed E-state index contributed by atoms with van der Waals surface area (Å²) in [5.41, 5.74) is 0. The molecule has 1 fully saturated rings. The molecule has 1 aliphatic rings. The summed E-state index contributed by atoms with van der Waals surface area (Å²) in [5.74, 6) is 0.926. The fourth-order valence-electron chi connectivity index (χ4n) is 2.58. The number of hydrogen-bond acceptors (Lipinski definition) is 3. The Balaban J connectivity index is 2.16. The SMILES string of the molecule is CCCNC(COCCOC)CC1CCCC1. The van der Waals surface area contributed by atoms with Crippen LogP contribution in [0.1, 0.15) is 45.4 Å². The molecular weight excluding hydrogens is 214 g/mol. The minimum Gasteiger partial charge on any atom is -0.382 e. The van der Waals surface area contributed by atoms with Crippen molar-refractivity contribution >= 4 is 0 Å². The van der Waals surface area contributed by atoms with Crippen LogP contribution in [0, 0.1) is 5.92 Å². The van der Waals surface area contributed by atoms with Crippen molar-refractivity contribution < 1.29 is 9.47 Å². The lowest BCUT2D eigenvalue weighted by Crippen LogP contribution is -2.36. The molecule has 0 aromatic carbocycles. The third-order valence-electron chi connectivity index (χ3n) is 3.53. The van der Waals surface area contributed by atoms with Crippen LogP contribution < -0.4 is 5.32 Å². The second-order valence-electron chi connectivity index (χ2n) is 5.10. The maximum atomic E-state index is 5.66. The molecule has 3 heteroatoms. The highest BCUT2D eigenvalue weighted by Gasteiger charge is 2.19. The Morgan fingerprint density at radius 1 is 1.24 bits per heavy atom. The molecule has 1 rings (SSSR count). The minimum atomic E-state index is 0.537. The summed E-state index contributed by atoms with van der Waals surface area (Å²) >= 11 is 0. The van der Waals surface area contributed by atoms with E-state index < -0.39 is 0 Å². The van der Waals surface area contributed by atoms with E-state index in [0.717, 1.165) is 19.1 Å². The van der Waals surface area contributed by atoms with Crippen molar-refractivity contribution in [3.63, 3.8) is 0 Å². The van der Waals surface area contributed by atoms with Gasteiger partial charge >= 0.3 is 0 Å². The molecule has 0 aliphatic heterocycles. The van der Waals surface area contributed by atoms with Gasteiger partial charge in [-0.05, 0) is 25.3 Å². The van der Waals surface area contributed by atoms with Gasteiger partial charge in [0.15, 0.2) is 0 Å². The first kappa shape index (κ1) is 14.9. The first-order chi connectivity index (χ1) is 8.36. The molecule has 3 nitrogen and oxygen atoms in total. The molecule has 0 aromatic rings. The third kappa shape index (κ3) is 7.02. The molecule has 0 aromatic heterocycles. The molecule has 0 bridgehead atoms. The fourth-order valence-corrected chi connectivity index (χ4v) is 2.58. The second kappa shape index (κ2) is 9.86. The van der Waals surface area contributed by atoms with Crippen molar-refractivity contribution in [3.8, 4) is 0 Å². The van der Waals surface area contributed by atoms with Gasteiger partial charge in [0.25, 0.3) is 0 Å². The predicted molar refractivity (Wildman–Crippen MR) is 71.4 cm³/mol. The van der Waals surface area contributed by atoms with Gasteiger partial charge in [-0.25, -0.2) is 0 Å². The van der Waals surface area contributed by atoms with E-state index in [1.165, 1.54) is 38.5 Å². The van der Waals surface area contributed by atoms with Crippen molar-refractivity contribution in [2.45, 2.75) is 51.5 Å². The van der Waals surface area contributed by atoms with E-state index >= 15 is 0 Å². The zero-order valence-corrected chi connectivity index (χ0v) is 11.5. The molecular formula is C14H29NO2. The lowest BCUT2D eigenvalue weighted by Gasteiger charge is -2.21. The molecule has 1 aliphatic carbocycles. The standard InChI is InChI=1S/C14H29NO2/c1-3-8-15-14(12-17-10-9-16-2)11-13-6-4-5-7-13/h13-15H,3-12H2,1-2H3. The van der Waals surface area contributed by atoms with Gasteiger partial charge in [0.1, 0.15) is 0 Å². The van der Waals surface area contributed by atoms with E-state index in [1.807, 2.05) is 0 Å². The molecule has 1 N–H and O–H groups in total. The number of methoxy groups -OCH3 is 1. The molecule has 1 atom stereocenters. The highest BCUT2D eigenvalue weighted by molar-refractivity contribution is 4.75. The maximum absolute atomic E-state index is 5.66. The zero-order chi connectivity index (χ0) is 12.3. The summed E-state index contributed by atoms with van der Waals surface area (Å²) in [5, 5.41) is 3.61. The van der Waals surface area contributed by atoms with E-state index in [0.29, 0.717) is 19.3 Å². The van der Waals surface area contributed by atoms with Crippen LogP contribution in [-0.4, -0.2) is 39.5 Å². The van der Waals surface area contributed by atoms with E-state index in [4.69, 9.17) is 9.47 Å². The van der Waals surface area contributed by atoms with Gasteiger partial charge in [-0.1, -0.05) is 32.6 Å². The zero-order valence-electron chi connectivity index (χ0n) is 11.5. The Bertz CT molecular complexity index is 170. The Morgan fingerprint density at radius 3 is 2.65 bits per heavy atom. The lowest BCUT2D eigenvalue weighted by atomic mass is 9.99. The largest absolute Gasteiger partial charge is 0.382 e. The van der Waals surface area contributed by atoms with Crippen LogP contribution in [0.3, 0.4) is 0 Å². The van der Waals surface area contributed by atoms with Gasteiger partial charge in [0, 0.05) is 13.2 Å². The summed E-state index contributed by atoms with van der Waals surface area (Å²) in [6, 6.07) is 0.537. The molecule has 0 spiro atoms. The van der Waals surface area contributed by atoms with Gasteiger partial charge in [-0.15, -0.1) is 0 Å². The molecule has 102 valence electrons. The van der Waals surface area contributed by atoms with Crippen molar-refractivity contribution in [3.05, 3.63) is 0 Å². The van der Waals surface area contributed by atoms with E-state index in [2.05, 4.69) is 12.2 Å². The second-order valence-corrected chi connectivity index (χ2v) is 5.10. The summed E-state index contributed by atoms with van der Waals surface area (Å²) in [6.45, 7) is 5.56. The van der Waals surface area contributed by atoms with Crippen molar-refractivity contribution in [1.29, 1.82) is 0 Å². The molecule has 1 unspecified atom stereocenters. The van der Waals surface area contributed by atoms with E-state index in [-0.39, 0.29) is 0 Å². The minimum absolute atomic E-state index is 0.537. The van der Waals surface area contributed by atoms with Crippen molar-refractivity contribution in [2.24, 2.45) is 5.92 Å². The van der Waals surface area contributed by atoms with Crippen LogP contribution in [-0.2, 0) is 9.47 Å². The van der Waals surface area contributed by atoms with E-state index in [9.17, 15) is 0 Å². The van der Waals surface area contributed by atoms with Gasteiger partial charge in [0.2, 0.25) is 0 Å². The first-order valence-electron chi connectivity index (χ1n) is 7.16. The molecule has 0 radical (unpaired) electrons. The molecule has 0 saturated heterocycles. The van der Waals surface area contributed by atoms with Crippen LogP contribution >= 0.6 is 0 Å². The number of hydrogen-bond donors (Lipinski definition) is 1. The molecule has 1 saturated carbocycles. The summed E-state index contributed by atoms with van der Waals surface area (Å²) in [7, 11) is 1.72. The lowest BCUT2D eigenvalue weighted by molar-refractivity contribution is 0.0550. The highest BCUT2D eigenvalue weighted by Crippen LogP contribution is 2.28. The summed E-state index contributed by atoms with van der Waals surface area (Å²) < 4.78 is 10.6. The van der Waals surface area contributed by atoms with Crippen LogP contribution in [0.25, 0.3) is 0 Å². The van der Waals surface area contributed by atoms with Gasteiger partial charge in [-0.2, -0.15) is 0 Å². The molecule has 17 heavy (non-hydrogen) atoms. The van der Waals surface area contributed by atoms with Crippen LogP contribution in [0.15, 0.2) is 0 Å². The number of nitrogens with one attached hydrogen (secondary N) is 1. The Hall–Kier alpha value is -0.120. The normalized spacial score (nSPS) is 18.7. The molecule has 0 amide bonds. The van der Waals surface area contributed by atoms with Crippen molar-refractivity contribution in [2.75, 3.05) is 33.5 Å². The predicted octanol–water partition coefficient (Wildman–Crippen LogP) is 2.60. The quantitative estimate of drug-likeness (QED) is 0.598. The fraction of sp³-hybridized carbons (Fsp3) is 1.00. The first-order valence-corrected chi connectivity index (χ1v) is 7.16. The van der Waals surface area contributed by atoms with E-state index in [1.54, 1.807) is 7.11 Å². The highest BCUT2D eigenvalue weighted by atomic mass is 16.5. The average Bonchev–Trinajstić information content (AvgIpc) is 2.84. The maximum Gasteiger partial charge on any atom is 0.0701 e. The Labute approximate surface area is 106 Å². The van der Waals surface area contributed by atoms with Gasteiger partial charge < -0.3 is 14.8 Å². The van der Waals surface area contributed by atoms with Crippen LogP contribution in [0.5, 0.6) is 0 Å². The topological polar surface area (TPSA) is 30.5 Å². The summed E-state index contributed by atoms with van der Waals surface area (Å²) in [6.07, 6.45) is 8.17. The van der Waals surface area contributed by atoms with Gasteiger partial charge in [0.05, 0.1) is 19.8 Å². The number of ether oxygens (including phenoxy) is 2. The van der Waals surface area contributed by atoms with Crippen molar-refractivity contribution in [1.82, 2.24) is 5.32 Å². The average molecular weight is 243 g/mol. The Morgan fingerprint density at radius 2 is 2.00 bits per heavy atom. The third-order valence-corrected chi connectivity index (χ3v) is 3.53. The van der Waals surface area contributed by atoms with Crippen LogP contribution in [0.2, 0.25) is 0 Å². The smallest absolute Gasteiger partial charge is 0.0701 e. The summed E-state index contributed by atoms with van der Waals surface area (Å²) in [4.78, 5) is 0. The monoisotopic (exact) mass is 243 g/mol. The molecule has 0 heterocycles. The number of rotatable bonds is 10. The van der Waals surface area contributed by atoms with Crippen LogP contribution in [0.4, 0.5) is 0 Å².